The summed E-state index contributed by atoms with van der Waals surface area (Å²) in [6.07, 6.45) is 4.87. The van der Waals surface area contributed by atoms with Crippen LogP contribution in [0.25, 0.3) is 5.65 Å². The van der Waals surface area contributed by atoms with Gasteiger partial charge in [0.25, 0.3) is 0 Å². The molecule has 25 heavy (non-hydrogen) atoms. The first-order valence-corrected chi connectivity index (χ1v) is 8.48. The van der Waals surface area contributed by atoms with Crippen molar-refractivity contribution in [1.29, 1.82) is 0 Å². The first-order chi connectivity index (χ1) is 12.2. The lowest BCUT2D eigenvalue weighted by molar-refractivity contribution is 0.372. The van der Waals surface area contributed by atoms with Gasteiger partial charge in [0.05, 0.1) is 17.9 Å². The number of hydrogen-bond acceptors (Lipinski definition) is 4. The van der Waals surface area contributed by atoms with Crippen LogP contribution in [0.15, 0.2) is 46.2 Å². The van der Waals surface area contributed by atoms with Crippen LogP contribution in [0.2, 0.25) is 0 Å². The van der Waals surface area contributed by atoms with Crippen LogP contribution >= 0.6 is 0 Å². The monoisotopic (exact) mass is 340 g/mol. The van der Waals surface area contributed by atoms with E-state index in [2.05, 4.69) is 45.8 Å². The SMILES string of the molecule is CN=C(NCCc1cn2ccccc2n1)NCc1cc(C(C)C)no1. The first-order valence-electron chi connectivity index (χ1n) is 8.48. The Kier molecular flexibility index (Phi) is 5.33. The number of aromatic nitrogens is 3. The van der Waals surface area contributed by atoms with Gasteiger partial charge < -0.3 is 19.6 Å². The first kappa shape index (κ1) is 17.0. The van der Waals surface area contributed by atoms with E-state index in [0.29, 0.717) is 12.5 Å². The number of aliphatic imine (C=N–C) groups is 1. The molecule has 7 nitrogen and oxygen atoms in total. The molecule has 0 unspecified atom stereocenters. The lowest BCUT2D eigenvalue weighted by Crippen LogP contribution is -2.37. The van der Waals surface area contributed by atoms with Crippen LogP contribution in [0, 0.1) is 0 Å². The van der Waals surface area contributed by atoms with E-state index in [1.54, 1.807) is 7.05 Å². The molecule has 0 radical (unpaired) electrons. The van der Waals surface area contributed by atoms with Gasteiger partial charge in [0.1, 0.15) is 5.65 Å². The lowest BCUT2D eigenvalue weighted by Gasteiger charge is -2.09. The van der Waals surface area contributed by atoms with Gasteiger partial charge in [-0.05, 0) is 18.1 Å². The van der Waals surface area contributed by atoms with Crippen LogP contribution in [0.4, 0.5) is 0 Å². The van der Waals surface area contributed by atoms with Crippen molar-refractivity contribution in [2.75, 3.05) is 13.6 Å². The standard InChI is InChI=1S/C18H24N6O/c1-13(2)16-10-15(25-23-16)11-21-18(19-3)20-8-7-14-12-24-9-5-4-6-17(24)22-14/h4-6,9-10,12-13H,7-8,11H2,1-3H3,(H2,19,20,21). The number of imidazole rings is 1. The average molecular weight is 340 g/mol. The minimum atomic E-state index is 0.361. The van der Waals surface area contributed by atoms with Crippen molar-refractivity contribution in [1.82, 2.24) is 25.2 Å². The Hall–Kier alpha value is -2.83. The zero-order valence-electron chi connectivity index (χ0n) is 14.9. The maximum Gasteiger partial charge on any atom is 0.191 e. The largest absolute Gasteiger partial charge is 0.359 e. The van der Waals surface area contributed by atoms with Crippen LogP contribution in [0.1, 0.15) is 36.9 Å². The van der Waals surface area contributed by atoms with Gasteiger partial charge >= 0.3 is 0 Å². The van der Waals surface area contributed by atoms with Crippen LogP contribution in [-0.4, -0.2) is 34.1 Å². The van der Waals surface area contributed by atoms with Gasteiger partial charge in [-0.3, -0.25) is 4.99 Å². The Morgan fingerprint density at radius 3 is 2.92 bits per heavy atom. The molecule has 2 N–H and O–H groups in total. The van der Waals surface area contributed by atoms with Crippen LogP contribution in [-0.2, 0) is 13.0 Å². The predicted octanol–water partition coefficient (Wildman–Crippen LogP) is 2.35. The maximum absolute atomic E-state index is 5.32. The number of nitrogens with one attached hydrogen (secondary N) is 2. The van der Waals surface area contributed by atoms with E-state index in [1.165, 1.54) is 0 Å². The smallest absolute Gasteiger partial charge is 0.191 e. The summed E-state index contributed by atoms with van der Waals surface area (Å²) in [6, 6.07) is 7.96. The van der Waals surface area contributed by atoms with Crippen molar-refractivity contribution in [3.63, 3.8) is 0 Å². The fraction of sp³-hybridized carbons (Fsp3) is 0.389. The van der Waals surface area contributed by atoms with Gasteiger partial charge in [-0.15, -0.1) is 0 Å². The van der Waals surface area contributed by atoms with E-state index in [1.807, 2.05) is 34.9 Å². The Labute approximate surface area is 147 Å². The molecule has 0 spiro atoms. The Balaban J connectivity index is 1.47. The summed E-state index contributed by atoms with van der Waals surface area (Å²) in [6.45, 7) is 5.48. The Bertz CT molecular complexity index is 815. The van der Waals surface area contributed by atoms with Gasteiger partial charge in [-0.25, -0.2) is 4.98 Å². The second-order valence-corrected chi connectivity index (χ2v) is 6.17. The summed E-state index contributed by atoms with van der Waals surface area (Å²) in [5.74, 6) is 1.89. The lowest BCUT2D eigenvalue weighted by atomic mass is 10.1. The molecule has 0 aliphatic heterocycles. The second kappa shape index (κ2) is 7.83. The molecule has 132 valence electrons. The van der Waals surface area contributed by atoms with E-state index in [0.717, 1.165) is 41.7 Å². The average Bonchev–Trinajstić information content (AvgIpc) is 3.24. The molecule has 0 aliphatic carbocycles. The maximum atomic E-state index is 5.32. The molecule has 0 bridgehead atoms. The van der Waals surface area contributed by atoms with Gasteiger partial charge in [0.2, 0.25) is 0 Å². The molecule has 3 rings (SSSR count). The summed E-state index contributed by atoms with van der Waals surface area (Å²) in [7, 11) is 1.75. The highest BCUT2D eigenvalue weighted by Crippen LogP contribution is 2.13. The molecule has 0 aliphatic rings. The zero-order chi connectivity index (χ0) is 17.6. The Morgan fingerprint density at radius 1 is 1.32 bits per heavy atom. The van der Waals surface area contributed by atoms with Crippen molar-refractivity contribution in [3.05, 3.63) is 53.8 Å². The predicted molar refractivity (Wildman–Crippen MR) is 97.7 cm³/mol. The molecular weight excluding hydrogens is 316 g/mol. The second-order valence-electron chi connectivity index (χ2n) is 6.17. The molecule has 0 saturated carbocycles. The van der Waals surface area contributed by atoms with Crippen LogP contribution in [0.5, 0.6) is 0 Å². The topological polar surface area (TPSA) is 79.8 Å². The number of fused-ring (bicyclic) bond motifs is 1. The quantitative estimate of drug-likeness (QED) is 0.532. The number of nitrogens with zero attached hydrogens (tertiary/aromatic N) is 4. The Morgan fingerprint density at radius 2 is 2.20 bits per heavy atom. The molecule has 3 aromatic heterocycles. The van der Waals surface area contributed by atoms with Gasteiger partial charge in [0, 0.05) is 38.5 Å². The molecular formula is C18H24N6O. The highest BCUT2D eigenvalue weighted by molar-refractivity contribution is 5.79. The van der Waals surface area contributed by atoms with E-state index in [-0.39, 0.29) is 0 Å². The minimum Gasteiger partial charge on any atom is -0.359 e. The van der Waals surface area contributed by atoms with Crippen molar-refractivity contribution < 1.29 is 4.52 Å². The number of hydrogen-bond donors (Lipinski definition) is 2. The van der Waals surface area contributed by atoms with E-state index in [9.17, 15) is 0 Å². The van der Waals surface area contributed by atoms with Gasteiger partial charge in [-0.1, -0.05) is 25.1 Å². The van der Waals surface area contributed by atoms with Crippen molar-refractivity contribution >= 4 is 11.6 Å². The van der Waals surface area contributed by atoms with Gasteiger partial charge in [0.15, 0.2) is 11.7 Å². The molecule has 0 saturated heterocycles. The minimum absolute atomic E-state index is 0.361. The highest BCUT2D eigenvalue weighted by Gasteiger charge is 2.08. The summed E-state index contributed by atoms with van der Waals surface area (Å²) >= 11 is 0. The van der Waals surface area contributed by atoms with E-state index in [4.69, 9.17) is 4.52 Å². The third-order valence-electron chi connectivity index (χ3n) is 3.91. The fourth-order valence-electron chi connectivity index (χ4n) is 2.49. The number of rotatable bonds is 6. The van der Waals surface area contributed by atoms with E-state index < -0.39 is 0 Å². The molecule has 0 atom stereocenters. The molecule has 0 aromatic carbocycles. The summed E-state index contributed by atoms with van der Waals surface area (Å²) in [5.41, 5.74) is 2.98. The third kappa shape index (κ3) is 4.37. The zero-order valence-corrected chi connectivity index (χ0v) is 14.9. The fourth-order valence-corrected chi connectivity index (χ4v) is 2.49. The van der Waals surface area contributed by atoms with Crippen LogP contribution < -0.4 is 10.6 Å². The molecule has 3 heterocycles. The summed E-state index contributed by atoms with van der Waals surface area (Å²) < 4.78 is 7.35. The van der Waals surface area contributed by atoms with Crippen LogP contribution in [0.3, 0.4) is 0 Å². The normalized spacial score (nSPS) is 12.1. The van der Waals surface area contributed by atoms with Crippen molar-refractivity contribution in [2.45, 2.75) is 32.7 Å². The molecule has 0 amide bonds. The highest BCUT2D eigenvalue weighted by atomic mass is 16.5. The molecule has 0 fully saturated rings. The third-order valence-corrected chi connectivity index (χ3v) is 3.91. The van der Waals surface area contributed by atoms with Crippen molar-refractivity contribution in [3.8, 4) is 0 Å². The number of guanidine groups is 1. The molecule has 7 heteroatoms. The summed E-state index contributed by atoms with van der Waals surface area (Å²) in [4.78, 5) is 8.81. The number of pyridine rings is 1. The molecule has 3 aromatic rings. The van der Waals surface area contributed by atoms with Gasteiger partial charge in [-0.2, -0.15) is 0 Å². The van der Waals surface area contributed by atoms with Crippen molar-refractivity contribution in [2.24, 2.45) is 4.99 Å². The van der Waals surface area contributed by atoms with E-state index >= 15 is 0 Å². The summed E-state index contributed by atoms with van der Waals surface area (Å²) in [5, 5.41) is 10.6.